The zero-order chi connectivity index (χ0) is 23.0. The van der Waals surface area contributed by atoms with Crippen LogP contribution in [0.25, 0.3) is 11.0 Å². The van der Waals surface area contributed by atoms with Gasteiger partial charge in [-0.15, -0.1) is 0 Å². The summed E-state index contributed by atoms with van der Waals surface area (Å²) in [6.45, 7) is 1.72. The van der Waals surface area contributed by atoms with E-state index in [0.29, 0.717) is 0 Å². The van der Waals surface area contributed by atoms with E-state index in [1.807, 2.05) is 0 Å². The maximum atomic E-state index is 12.9. The van der Waals surface area contributed by atoms with Crippen molar-refractivity contribution in [2.75, 3.05) is 11.9 Å². The number of carbonyl (C=O) groups is 1. The Labute approximate surface area is 175 Å². The fraction of sp³-hybridized carbons (Fsp3) is 0.211. The summed E-state index contributed by atoms with van der Waals surface area (Å²) in [5.41, 5.74) is -5.03. The second-order valence-electron chi connectivity index (χ2n) is 6.54. The average Bonchev–Trinajstić information content (AvgIpc) is 2.71. The number of benzene rings is 2. The van der Waals surface area contributed by atoms with Crippen LogP contribution in [0.1, 0.15) is 28.9 Å². The number of aromatic carboxylic acids is 1. The normalized spacial score (nSPS) is 13.1. The van der Waals surface area contributed by atoms with Gasteiger partial charge in [0, 0.05) is 7.05 Å². The van der Waals surface area contributed by atoms with E-state index in [4.69, 9.17) is 5.11 Å². The molecule has 164 valence electrons. The number of alkyl halides is 3. The fourth-order valence-corrected chi connectivity index (χ4v) is 3.15. The predicted molar refractivity (Wildman–Crippen MR) is 105 cm³/mol. The molecule has 1 aromatic heterocycles. The number of carboxylic acid groups (broad SMARTS) is 1. The first-order valence-electron chi connectivity index (χ1n) is 8.74. The van der Waals surface area contributed by atoms with Crippen molar-refractivity contribution in [3.8, 4) is 5.88 Å². The number of nitrogens with zero attached hydrogens (tertiary/aromatic N) is 3. The molecule has 8 nitrogen and oxygen atoms in total. The van der Waals surface area contributed by atoms with Crippen molar-refractivity contribution < 1.29 is 35.7 Å². The molecule has 0 bridgehead atoms. The molecule has 2 aromatic carbocycles. The Kier molecular flexibility index (Phi) is 5.77. The SMILES string of the molecule is CC(c1ccccc1)N(C)c1nc2cc(C(=O)O)ccc2nc1OS(=O)(=O)C(F)(F)F. The molecule has 0 aliphatic rings. The minimum Gasteiger partial charge on any atom is -0.478 e. The molecular formula is C19H16F3N3O5S. The van der Waals surface area contributed by atoms with E-state index in [0.717, 1.165) is 11.6 Å². The first kappa shape index (κ1) is 22.3. The fourth-order valence-electron chi connectivity index (χ4n) is 2.74. The monoisotopic (exact) mass is 455 g/mol. The van der Waals surface area contributed by atoms with Gasteiger partial charge in [0.25, 0.3) is 5.88 Å². The van der Waals surface area contributed by atoms with Crippen LogP contribution >= 0.6 is 0 Å². The van der Waals surface area contributed by atoms with Crippen molar-refractivity contribution >= 4 is 32.9 Å². The molecule has 0 saturated carbocycles. The minimum atomic E-state index is -6.01. The van der Waals surface area contributed by atoms with E-state index < -0.39 is 33.5 Å². The topological polar surface area (TPSA) is 110 Å². The van der Waals surface area contributed by atoms with E-state index in [2.05, 4.69) is 14.2 Å². The van der Waals surface area contributed by atoms with Crippen molar-refractivity contribution in [1.29, 1.82) is 0 Å². The Balaban J connectivity index is 2.18. The second kappa shape index (κ2) is 8.02. The van der Waals surface area contributed by atoms with Gasteiger partial charge in [0.2, 0.25) is 0 Å². The Morgan fingerprint density at radius 1 is 1.10 bits per heavy atom. The summed E-state index contributed by atoms with van der Waals surface area (Å²) in [4.78, 5) is 20.7. The van der Waals surface area contributed by atoms with Gasteiger partial charge in [-0.25, -0.2) is 14.8 Å². The molecule has 1 unspecified atom stereocenters. The number of aromatic nitrogens is 2. The van der Waals surface area contributed by atoms with Gasteiger partial charge in [0.05, 0.1) is 22.6 Å². The van der Waals surface area contributed by atoms with Crippen molar-refractivity contribution in [2.24, 2.45) is 0 Å². The van der Waals surface area contributed by atoms with Gasteiger partial charge >= 0.3 is 21.6 Å². The summed E-state index contributed by atoms with van der Waals surface area (Å²) in [6, 6.07) is 11.9. The first-order chi connectivity index (χ1) is 14.4. The minimum absolute atomic E-state index is 0.0399. The summed E-state index contributed by atoms with van der Waals surface area (Å²) in [7, 11) is -4.54. The van der Waals surface area contributed by atoms with Crippen molar-refractivity contribution in [1.82, 2.24) is 9.97 Å². The quantitative estimate of drug-likeness (QED) is 0.442. The number of hydrogen-bond acceptors (Lipinski definition) is 7. The molecule has 3 aromatic rings. The van der Waals surface area contributed by atoms with E-state index >= 15 is 0 Å². The first-order valence-corrected chi connectivity index (χ1v) is 10.1. The number of fused-ring (bicyclic) bond motifs is 1. The van der Waals surface area contributed by atoms with Gasteiger partial charge in [-0.2, -0.15) is 21.6 Å². The van der Waals surface area contributed by atoms with E-state index in [1.54, 1.807) is 37.3 Å². The molecule has 31 heavy (non-hydrogen) atoms. The van der Waals surface area contributed by atoms with Crippen LogP contribution in [0.5, 0.6) is 5.88 Å². The van der Waals surface area contributed by atoms with Crippen LogP contribution < -0.4 is 9.08 Å². The maximum Gasteiger partial charge on any atom is 0.534 e. The third-order valence-corrected chi connectivity index (χ3v) is 5.48. The Morgan fingerprint density at radius 2 is 1.74 bits per heavy atom. The third kappa shape index (κ3) is 4.53. The molecule has 0 aliphatic carbocycles. The van der Waals surface area contributed by atoms with E-state index in [-0.39, 0.29) is 22.4 Å². The lowest BCUT2D eigenvalue weighted by molar-refractivity contribution is -0.0501. The van der Waals surface area contributed by atoms with E-state index in [1.165, 1.54) is 24.1 Å². The highest BCUT2D eigenvalue weighted by atomic mass is 32.2. The maximum absolute atomic E-state index is 12.9. The van der Waals surface area contributed by atoms with Crippen molar-refractivity contribution in [3.63, 3.8) is 0 Å². The molecule has 1 N–H and O–H groups in total. The highest BCUT2D eigenvalue weighted by Crippen LogP contribution is 2.35. The molecule has 0 aliphatic heterocycles. The zero-order valence-corrected chi connectivity index (χ0v) is 17.0. The average molecular weight is 455 g/mol. The standard InChI is InChI=1S/C19H16F3N3O5S/c1-11(12-6-4-3-5-7-12)25(2)16-17(30-31(28,29)19(20,21)22)24-14-9-8-13(18(26)27)10-15(14)23-16/h3-11H,1-2H3,(H,26,27). The summed E-state index contributed by atoms with van der Waals surface area (Å²) in [5.74, 6) is -2.42. The van der Waals surface area contributed by atoms with Crippen LogP contribution in [-0.4, -0.2) is 42.0 Å². The molecule has 1 heterocycles. The van der Waals surface area contributed by atoms with Gasteiger partial charge in [-0.3, -0.25) is 0 Å². The molecule has 3 rings (SSSR count). The summed E-state index contributed by atoms with van der Waals surface area (Å²) in [5, 5.41) is 9.17. The summed E-state index contributed by atoms with van der Waals surface area (Å²) in [6.07, 6.45) is 0. The molecular weight excluding hydrogens is 439 g/mol. The number of halogens is 3. The highest BCUT2D eigenvalue weighted by molar-refractivity contribution is 7.88. The van der Waals surface area contributed by atoms with Crippen LogP contribution in [0.3, 0.4) is 0 Å². The van der Waals surface area contributed by atoms with Gasteiger partial charge in [0.1, 0.15) is 0 Å². The number of anilines is 1. The second-order valence-corrected chi connectivity index (χ2v) is 8.08. The van der Waals surface area contributed by atoms with Crippen molar-refractivity contribution in [3.05, 3.63) is 59.7 Å². The number of carboxylic acids is 1. The van der Waals surface area contributed by atoms with Gasteiger partial charge in [-0.1, -0.05) is 30.3 Å². The Morgan fingerprint density at radius 3 is 2.32 bits per heavy atom. The Hall–Kier alpha value is -3.41. The van der Waals surface area contributed by atoms with Crippen molar-refractivity contribution in [2.45, 2.75) is 18.5 Å². The molecule has 1 atom stereocenters. The summed E-state index contributed by atoms with van der Waals surface area (Å²) < 4.78 is 66.2. The van der Waals surface area contributed by atoms with Crippen LogP contribution in [0.2, 0.25) is 0 Å². The molecule has 0 amide bonds. The van der Waals surface area contributed by atoms with Crippen LogP contribution in [0.15, 0.2) is 48.5 Å². The van der Waals surface area contributed by atoms with Crippen LogP contribution in [-0.2, 0) is 10.1 Å². The molecule has 0 spiro atoms. The molecule has 0 saturated heterocycles. The third-order valence-electron chi connectivity index (χ3n) is 4.53. The lowest BCUT2D eigenvalue weighted by atomic mass is 10.1. The molecule has 0 radical (unpaired) electrons. The van der Waals surface area contributed by atoms with E-state index in [9.17, 15) is 26.4 Å². The predicted octanol–water partition coefficient (Wildman–Crippen LogP) is 3.75. The van der Waals surface area contributed by atoms with Gasteiger partial charge in [0.15, 0.2) is 5.82 Å². The smallest absolute Gasteiger partial charge is 0.478 e. The zero-order valence-electron chi connectivity index (χ0n) is 16.2. The van der Waals surface area contributed by atoms with Crippen LogP contribution in [0, 0.1) is 0 Å². The lowest BCUT2D eigenvalue weighted by Gasteiger charge is -2.27. The lowest BCUT2D eigenvalue weighted by Crippen LogP contribution is -2.30. The number of rotatable bonds is 6. The molecule has 0 fully saturated rings. The summed E-state index contributed by atoms with van der Waals surface area (Å²) >= 11 is 0. The highest BCUT2D eigenvalue weighted by Gasteiger charge is 2.49. The Bertz CT molecular complexity index is 1230. The van der Waals surface area contributed by atoms with Crippen LogP contribution in [0.4, 0.5) is 19.0 Å². The largest absolute Gasteiger partial charge is 0.534 e. The number of hydrogen-bond donors (Lipinski definition) is 1. The van der Waals surface area contributed by atoms with Gasteiger partial charge < -0.3 is 14.2 Å². The van der Waals surface area contributed by atoms with Gasteiger partial charge in [-0.05, 0) is 30.7 Å². The molecule has 12 heteroatoms.